The Hall–Kier alpha value is -0.790. The highest BCUT2D eigenvalue weighted by Crippen LogP contribution is 2.09. The van der Waals surface area contributed by atoms with Crippen molar-refractivity contribution < 1.29 is 4.52 Å². The van der Waals surface area contributed by atoms with Crippen LogP contribution in [0.15, 0.2) is 10.6 Å². The Morgan fingerprint density at radius 3 is 2.62 bits per heavy atom. The fourth-order valence-corrected chi connectivity index (χ4v) is 1.44. The summed E-state index contributed by atoms with van der Waals surface area (Å²) in [5.41, 5.74) is 0.989. The number of aryl methyl sites for hydroxylation is 2. The summed E-state index contributed by atoms with van der Waals surface area (Å²) in [7, 11) is 0. The lowest BCUT2D eigenvalue weighted by molar-refractivity contribution is 0.375. The molecule has 0 aliphatic rings. The van der Waals surface area contributed by atoms with E-state index in [4.69, 9.17) is 4.52 Å². The highest BCUT2D eigenvalue weighted by Gasteiger charge is 1.99. The Labute approximate surface area is 80.3 Å². The smallest absolute Gasteiger partial charge is 0.136 e. The van der Waals surface area contributed by atoms with E-state index >= 15 is 0 Å². The third-order valence-electron chi connectivity index (χ3n) is 2.20. The normalized spacial score (nSPS) is 10.6. The molecule has 0 spiro atoms. The van der Waals surface area contributed by atoms with Gasteiger partial charge in [-0.05, 0) is 13.3 Å². The molecule has 0 saturated heterocycles. The second-order valence-corrected chi connectivity index (χ2v) is 3.60. The summed E-state index contributed by atoms with van der Waals surface area (Å²) < 4.78 is 5.12. The average Bonchev–Trinajstić information content (AvgIpc) is 2.51. The van der Waals surface area contributed by atoms with Crippen molar-refractivity contribution in [3.05, 3.63) is 17.5 Å². The second kappa shape index (κ2) is 5.79. The molecule has 1 aromatic rings. The van der Waals surface area contributed by atoms with E-state index in [0.717, 1.165) is 17.9 Å². The van der Waals surface area contributed by atoms with Crippen LogP contribution in [-0.2, 0) is 6.42 Å². The Kier molecular flexibility index (Phi) is 4.58. The van der Waals surface area contributed by atoms with Gasteiger partial charge in [-0.3, -0.25) is 0 Å². The van der Waals surface area contributed by atoms with Gasteiger partial charge in [0.15, 0.2) is 0 Å². The number of nitrogens with zero attached hydrogens (tertiary/aromatic N) is 1. The molecule has 0 N–H and O–H groups in total. The van der Waals surface area contributed by atoms with Crippen LogP contribution in [0.3, 0.4) is 0 Å². The lowest BCUT2D eigenvalue weighted by Crippen LogP contribution is -1.82. The fraction of sp³-hybridized carbons (Fsp3) is 0.727. The molecule has 2 heteroatoms. The van der Waals surface area contributed by atoms with Crippen molar-refractivity contribution in [2.75, 3.05) is 0 Å². The Bertz CT molecular complexity index is 230. The van der Waals surface area contributed by atoms with Crippen molar-refractivity contribution in [2.24, 2.45) is 0 Å². The predicted octanol–water partition coefficient (Wildman–Crippen LogP) is 3.50. The number of hydrogen-bond donors (Lipinski definition) is 0. The third kappa shape index (κ3) is 4.11. The molecule has 0 radical (unpaired) electrons. The molecule has 2 nitrogen and oxygen atoms in total. The van der Waals surface area contributed by atoms with E-state index in [1.807, 2.05) is 13.0 Å². The SMILES string of the molecule is CCCCCCCc1cc(C)no1. The van der Waals surface area contributed by atoms with Gasteiger partial charge in [0.25, 0.3) is 0 Å². The van der Waals surface area contributed by atoms with E-state index in [-0.39, 0.29) is 0 Å². The molecule has 0 atom stereocenters. The van der Waals surface area contributed by atoms with E-state index in [0.29, 0.717) is 0 Å². The van der Waals surface area contributed by atoms with Gasteiger partial charge < -0.3 is 4.52 Å². The summed E-state index contributed by atoms with van der Waals surface area (Å²) in [5, 5.41) is 3.86. The molecule has 0 aliphatic carbocycles. The van der Waals surface area contributed by atoms with Crippen LogP contribution in [0.1, 0.15) is 50.5 Å². The number of aromatic nitrogens is 1. The molecular formula is C11H19NO. The van der Waals surface area contributed by atoms with Gasteiger partial charge >= 0.3 is 0 Å². The lowest BCUT2D eigenvalue weighted by atomic mass is 10.1. The van der Waals surface area contributed by atoms with Gasteiger partial charge in [-0.2, -0.15) is 0 Å². The van der Waals surface area contributed by atoms with Crippen molar-refractivity contribution in [1.29, 1.82) is 0 Å². The molecule has 0 amide bonds. The summed E-state index contributed by atoms with van der Waals surface area (Å²) in [5.74, 6) is 1.04. The maximum Gasteiger partial charge on any atom is 0.136 e. The summed E-state index contributed by atoms with van der Waals surface area (Å²) >= 11 is 0. The summed E-state index contributed by atoms with van der Waals surface area (Å²) in [4.78, 5) is 0. The first-order valence-corrected chi connectivity index (χ1v) is 5.25. The molecule has 0 aromatic carbocycles. The Morgan fingerprint density at radius 1 is 1.23 bits per heavy atom. The molecular weight excluding hydrogens is 162 g/mol. The van der Waals surface area contributed by atoms with E-state index < -0.39 is 0 Å². The van der Waals surface area contributed by atoms with E-state index in [9.17, 15) is 0 Å². The molecule has 0 fully saturated rings. The number of hydrogen-bond acceptors (Lipinski definition) is 2. The first-order chi connectivity index (χ1) is 6.33. The molecule has 1 aromatic heterocycles. The van der Waals surface area contributed by atoms with E-state index in [2.05, 4.69) is 12.1 Å². The molecule has 0 unspecified atom stereocenters. The predicted molar refractivity (Wildman–Crippen MR) is 53.7 cm³/mol. The van der Waals surface area contributed by atoms with Crippen LogP contribution in [0.2, 0.25) is 0 Å². The number of rotatable bonds is 6. The topological polar surface area (TPSA) is 26.0 Å². The molecule has 0 aliphatic heterocycles. The summed E-state index contributed by atoms with van der Waals surface area (Å²) in [6.07, 6.45) is 7.60. The van der Waals surface area contributed by atoms with Crippen molar-refractivity contribution in [1.82, 2.24) is 5.16 Å². The zero-order valence-corrected chi connectivity index (χ0v) is 8.68. The maximum atomic E-state index is 5.12. The van der Waals surface area contributed by atoms with Crippen LogP contribution in [-0.4, -0.2) is 5.16 Å². The van der Waals surface area contributed by atoms with Gasteiger partial charge in [0.2, 0.25) is 0 Å². The van der Waals surface area contributed by atoms with Crippen LogP contribution in [0, 0.1) is 6.92 Å². The Morgan fingerprint density at radius 2 is 2.00 bits per heavy atom. The summed E-state index contributed by atoms with van der Waals surface area (Å²) in [6, 6.07) is 2.03. The fourth-order valence-electron chi connectivity index (χ4n) is 1.44. The molecule has 0 saturated carbocycles. The monoisotopic (exact) mass is 181 g/mol. The largest absolute Gasteiger partial charge is 0.361 e. The minimum absolute atomic E-state index is 0.989. The van der Waals surface area contributed by atoms with Crippen molar-refractivity contribution in [3.8, 4) is 0 Å². The standard InChI is InChI=1S/C11H19NO/c1-3-4-5-6-7-8-11-9-10(2)12-13-11/h9H,3-8H2,1-2H3. The maximum absolute atomic E-state index is 5.12. The molecule has 1 rings (SSSR count). The minimum Gasteiger partial charge on any atom is -0.361 e. The average molecular weight is 181 g/mol. The van der Waals surface area contributed by atoms with Gasteiger partial charge in [0, 0.05) is 12.5 Å². The molecule has 1 heterocycles. The first kappa shape index (κ1) is 10.3. The van der Waals surface area contributed by atoms with Crippen LogP contribution < -0.4 is 0 Å². The highest BCUT2D eigenvalue weighted by molar-refractivity contribution is 5.02. The number of unbranched alkanes of at least 4 members (excludes halogenated alkanes) is 4. The van der Waals surface area contributed by atoms with Gasteiger partial charge in [-0.25, -0.2) is 0 Å². The zero-order valence-electron chi connectivity index (χ0n) is 8.68. The second-order valence-electron chi connectivity index (χ2n) is 3.60. The quantitative estimate of drug-likeness (QED) is 0.628. The van der Waals surface area contributed by atoms with E-state index in [1.54, 1.807) is 0 Å². The third-order valence-corrected chi connectivity index (χ3v) is 2.20. The van der Waals surface area contributed by atoms with Crippen molar-refractivity contribution in [2.45, 2.75) is 52.4 Å². The van der Waals surface area contributed by atoms with Crippen LogP contribution >= 0.6 is 0 Å². The lowest BCUT2D eigenvalue weighted by Gasteiger charge is -1.96. The molecule has 13 heavy (non-hydrogen) atoms. The van der Waals surface area contributed by atoms with Crippen LogP contribution in [0.5, 0.6) is 0 Å². The molecule has 0 bridgehead atoms. The first-order valence-electron chi connectivity index (χ1n) is 5.25. The minimum atomic E-state index is 0.989. The highest BCUT2D eigenvalue weighted by atomic mass is 16.5. The summed E-state index contributed by atoms with van der Waals surface area (Å²) in [6.45, 7) is 4.20. The van der Waals surface area contributed by atoms with Crippen molar-refractivity contribution in [3.63, 3.8) is 0 Å². The van der Waals surface area contributed by atoms with Gasteiger partial charge in [-0.15, -0.1) is 0 Å². The Balaban J connectivity index is 2.06. The zero-order chi connectivity index (χ0) is 9.52. The van der Waals surface area contributed by atoms with Crippen LogP contribution in [0.4, 0.5) is 0 Å². The molecule has 74 valence electrons. The van der Waals surface area contributed by atoms with Gasteiger partial charge in [0.1, 0.15) is 5.76 Å². The van der Waals surface area contributed by atoms with Crippen molar-refractivity contribution >= 4 is 0 Å². The van der Waals surface area contributed by atoms with Gasteiger partial charge in [0.05, 0.1) is 5.69 Å². The van der Waals surface area contributed by atoms with E-state index in [1.165, 1.54) is 32.1 Å². The van der Waals surface area contributed by atoms with Gasteiger partial charge in [-0.1, -0.05) is 37.8 Å². The van der Waals surface area contributed by atoms with Crippen LogP contribution in [0.25, 0.3) is 0 Å².